The first-order chi connectivity index (χ1) is 15.3. The van der Waals surface area contributed by atoms with Gasteiger partial charge in [0.1, 0.15) is 6.29 Å². The van der Waals surface area contributed by atoms with Gasteiger partial charge in [-0.3, -0.25) is 0 Å². The normalized spacial score (nSPS) is 57.3. The molecule has 0 aromatic rings. The summed E-state index contributed by atoms with van der Waals surface area (Å²) in [5.74, 6) is 2.21. The summed E-state index contributed by atoms with van der Waals surface area (Å²) in [7, 11) is 0. The molecule has 5 aliphatic carbocycles. The van der Waals surface area contributed by atoms with Crippen LogP contribution < -0.4 is 0 Å². The Bertz CT molecular complexity index is 847. The van der Waals surface area contributed by atoms with Crippen LogP contribution in [0.3, 0.4) is 0 Å². The van der Waals surface area contributed by atoms with E-state index in [1.807, 2.05) is 0 Å². The number of rotatable bonds is 2. The van der Waals surface area contributed by atoms with Gasteiger partial charge in [0.05, 0.1) is 17.6 Å². The molecule has 11 atom stereocenters. The number of hydrogen-bond donors (Lipinski definition) is 2. The molecule has 0 spiro atoms. The van der Waals surface area contributed by atoms with Gasteiger partial charge in [-0.1, -0.05) is 46.8 Å². The third-order valence-electron chi connectivity index (χ3n) is 13.4. The average Bonchev–Trinajstić information content (AvgIpc) is 3.13. The number of carbonyl (C=O) groups is 1. The van der Waals surface area contributed by atoms with Crippen molar-refractivity contribution in [2.45, 2.75) is 112 Å². The van der Waals surface area contributed by atoms with Gasteiger partial charge >= 0.3 is 0 Å². The van der Waals surface area contributed by atoms with E-state index in [1.54, 1.807) is 0 Å². The first-order valence-corrected chi connectivity index (χ1v) is 13.8. The smallest absolute Gasteiger partial charge is 0.129 e. The molecule has 0 saturated heterocycles. The van der Waals surface area contributed by atoms with E-state index in [2.05, 4.69) is 48.1 Å². The molecule has 3 nitrogen and oxygen atoms in total. The molecule has 0 bridgehead atoms. The van der Waals surface area contributed by atoms with Gasteiger partial charge in [-0.25, -0.2) is 0 Å². The number of hydrogen-bond acceptors (Lipinski definition) is 3. The van der Waals surface area contributed by atoms with Crippen LogP contribution in [0.2, 0.25) is 0 Å². The van der Waals surface area contributed by atoms with Crippen molar-refractivity contribution < 1.29 is 15.0 Å². The third kappa shape index (κ3) is 2.73. The van der Waals surface area contributed by atoms with E-state index in [0.717, 1.165) is 38.4 Å². The number of aliphatic hydroxyl groups is 2. The van der Waals surface area contributed by atoms with Gasteiger partial charge in [-0.15, -0.1) is 0 Å². The number of aliphatic hydroxyl groups excluding tert-OH is 2. The third-order valence-corrected chi connectivity index (χ3v) is 13.4. The monoisotopic (exact) mass is 456 g/mol. The largest absolute Gasteiger partial charge is 0.393 e. The molecule has 0 radical (unpaired) electrons. The highest BCUT2D eigenvalue weighted by Crippen LogP contribution is 2.77. The summed E-state index contributed by atoms with van der Waals surface area (Å²) in [6.45, 7) is 18.7. The molecule has 0 aliphatic heterocycles. The second kappa shape index (κ2) is 7.19. The Morgan fingerprint density at radius 1 is 0.848 bits per heavy atom. The minimum absolute atomic E-state index is 0.0265. The van der Waals surface area contributed by atoms with Crippen molar-refractivity contribution >= 4 is 6.29 Å². The maximum Gasteiger partial charge on any atom is 0.129 e. The molecule has 1 unspecified atom stereocenters. The molecular formula is C30H48O3. The summed E-state index contributed by atoms with van der Waals surface area (Å²) in [6.07, 6.45) is 9.73. The molecule has 5 aliphatic rings. The summed E-state index contributed by atoms with van der Waals surface area (Å²) in [5, 5.41) is 22.5. The molecule has 2 N–H and O–H groups in total. The summed E-state index contributed by atoms with van der Waals surface area (Å²) in [6, 6.07) is 0. The van der Waals surface area contributed by atoms with Crippen molar-refractivity contribution in [2.75, 3.05) is 0 Å². The van der Waals surface area contributed by atoms with Crippen LogP contribution in [-0.2, 0) is 4.79 Å². The average molecular weight is 457 g/mol. The van der Waals surface area contributed by atoms with E-state index in [0.29, 0.717) is 23.7 Å². The molecule has 33 heavy (non-hydrogen) atoms. The maximum atomic E-state index is 12.6. The van der Waals surface area contributed by atoms with Crippen LogP contribution in [0.4, 0.5) is 0 Å². The van der Waals surface area contributed by atoms with E-state index >= 15 is 0 Å². The van der Waals surface area contributed by atoms with Crippen molar-refractivity contribution in [3.63, 3.8) is 0 Å². The first kappa shape index (κ1) is 24.0. The van der Waals surface area contributed by atoms with E-state index < -0.39 is 11.5 Å². The molecule has 0 amide bonds. The number of allylic oxidation sites excluding steroid dienone is 1. The summed E-state index contributed by atoms with van der Waals surface area (Å²) in [5.41, 5.74) is 0.996. The molecule has 3 heteroatoms. The summed E-state index contributed by atoms with van der Waals surface area (Å²) >= 11 is 0. The SMILES string of the molecule is C=C(C)[C@@H]1CC[C@]2(C=O)C(O)C[C@]3(C)[C@H](CC[C@@H]4[C@@]5(C)CC[C@H](O)C(C)(C)[C@@H]5CC[C@]43C)[C@@H]12. The minimum atomic E-state index is -0.574. The second-order valence-corrected chi connectivity index (χ2v) is 14.5. The van der Waals surface area contributed by atoms with E-state index in [9.17, 15) is 15.0 Å². The van der Waals surface area contributed by atoms with Crippen molar-refractivity contribution in [1.82, 2.24) is 0 Å². The van der Waals surface area contributed by atoms with Crippen LogP contribution in [0.15, 0.2) is 12.2 Å². The molecule has 186 valence electrons. The van der Waals surface area contributed by atoms with E-state index in [1.165, 1.54) is 31.3 Å². The van der Waals surface area contributed by atoms with Crippen LogP contribution in [0.5, 0.6) is 0 Å². The fourth-order valence-electron chi connectivity index (χ4n) is 11.5. The molecule has 5 fully saturated rings. The van der Waals surface area contributed by atoms with Gasteiger partial charge < -0.3 is 15.0 Å². The van der Waals surface area contributed by atoms with Gasteiger partial charge in [0.25, 0.3) is 0 Å². The highest BCUT2D eigenvalue weighted by Gasteiger charge is 2.72. The van der Waals surface area contributed by atoms with Crippen molar-refractivity contribution in [2.24, 2.45) is 56.7 Å². The van der Waals surface area contributed by atoms with Gasteiger partial charge in [-0.05, 0) is 116 Å². The first-order valence-electron chi connectivity index (χ1n) is 13.8. The number of carbonyl (C=O) groups excluding carboxylic acids is 1. The van der Waals surface area contributed by atoms with Gasteiger partial charge in [0.15, 0.2) is 0 Å². The van der Waals surface area contributed by atoms with Gasteiger partial charge in [-0.2, -0.15) is 0 Å². The lowest BCUT2D eigenvalue weighted by molar-refractivity contribution is -0.259. The van der Waals surface area contributed by atoms with Crippen LogP contribution in [0, 0.1) is 56.7 Å². The Morgan fingerprint density at radius 2 is 1.55 bits per heavy atom. The second-order valence-electron chi connectivity index (χ2n) is 14.5. The summed E-state index contributed by atoms with van der Waals surface area (Å²) in [4.78, 5) is 12.6. The fraction of sp³-hybridized carbons (Fsp3) is 0.900. The zero-order chi connectivity index (χ0) is 24.2. The Kier molecular flexibility index (Phi) is 5.24. The molecule has 0 aromatic heterocycles. The van der Waals surface area contributed by atoms with Crippen molar-refractivity contribution in [3.05, 3.63) is 12.2 Å². The Hall–Kier alpha value is -0.670. The Labute approximate surface area is 201 Å². The van der Waals surface area contributed by atoms with E-state index in [-0.39, 0.29) is 33.7 Å². The zero-order valence-corrected chi connectivity index (χ0v) is 22.0. The predicted molar refractivity (Wildman–Crippen MR) is 132 cm³/mol. The van der Waals surface area contributed by atoms with Crippen molar-refractivity contribution in [3.8, 4) is 0 Å². The zero-order valence-electron chi connectivity index (χ0n) is 22.0. The van der Waals surface area contributed by atoms with Gasteiger partial charge in [0.2, 0.25) is 0 Å². The molecule has 0 aromatic carbocycles. The lowest BCUT2D eigenvalue weighted by atomic mass is 9.32. The lowest BCUT2D eigenvalue weighted by Crippen LogP contribution is -2.68. The fourth-order valence-corrected chi connectivity index (χ4v) is 11.5. The topological polar surface area (TPSA) is 57.5 Å². The maximum absolute atomic E-state index is 12.6. The van der Waals surface area contributed by atoms with Crippen LogP contribution in [0.1, 0.15) is 99.3 Å². The van der Waals surface area contributed by atoms with Crippen LogP contribution in [0.25, 0.3) is 0 Å². The highest BCUT2D eigenvalue weighted by atomic mass is 16.3. The van der Waals surface area contributed by atoms with Gasteiger partial charge in [0, 0.05) is 0 Å². The van der Waals surface area contributed by atoms with E-state index in [4.69, 9.17) is 0 Å². The Balaban J connectivity index is 1.59. The number of aldehydes is 1. The highest BCUT2D eigenvalue weighted by molar-refractivity contribution is 5.63. The summed E-state index contributed by atoms with van der Waals surface area (Å²) < 4.78 is 0. The number of fused-ring (bicyclic) bond motifs is 7. The standard InChI is InChI=1S/C30H48O3/c1-18(2)19-10-15-30(17-31)24(33)16-29(7)20(25(19)30)8-9-22-27(5)13-12-23(32)26(3,4)21(27)11-14-28(22,29)6/h17,19-25,32-33H,1,8-16H2,2-7H3/t19-,20+,21-,22+,23-,24?,25+,27-,28+,29+,30-/m0/s1. The lowest BCUT2D eigenvalue weighted by Gasteiger charge is -2.73. The molecule has 0 heterocycles. The minimum Gasteiger partial charge on any atom is -0.393 e. The molecular weight excluding hydrogens is 408 g/mol. The molecule has 5 rings (SSSR count). The Morgan fingerprint density at radius 3 is 2.18 bits per heavy atom. The predicted octanol–water partition coefficient (Wildman–Crippen LogP) is 6.17. The van der Waals surface area contributed by atoms with Crippen LogP contribution >= 0.6 is 0 Å². The molecule has 5 saturated carbocycles. The quantitative estimate of drug-likeness (QED) is 0.386. The van der Waals surface area contributed by atoms with Crippen molar-refractivity contribution in [1.29, 1.82) is 0 Å². The van der Waals surface area contributed by atoms with Crippen LogP contribution in [-0.4, -0.2) is 28.7 Å².